The van der Waals surface area contributed by atoms with Crippen LogP contribution < -0.4 is 5.56 Å². The van der Waals surface area contributed by atoms with Crippen molar-refractivity contribution in [2.45, 2.75) is 34.2 Å². The molecule has 1 aromatic heterocycles. The van der Waals surface area contributed by atoms with E-state index in [1.807, 2.05) is 6.92 Å². The molecule has 1 unspecified atom stereocenters. The fraction of sp³-hybridized carbons (Fsp3) is 0.571. The maximum Gasteiger partial charge on any atom is 0.340 e. The van der Waals surface area contributed by atoms with E-state index in [0.29, 0.717) is 34.9 Å². The monoisotopic (exact) mass is 299 g/mol. The summed E-state index contributed by atoms with van der Waals surface area (Å²) < 4.78 is 18.0. The molecule has 0 radical (unpaired) electrons. The van der Waals surface area contributed by atoms with Crippen LogP contribution in [0.3, 0.4) is 0 Å². The molecule has 5 nitrogen and oxygen atoms in total. The third kappa shape index (κ3) is 3.79. The van der Waals surface area contributed by atoms with Crippen LogP contribution in [-0.2, 0) is 22.1 Å². The van der Waals surface area contributed by atoms with Crippen molar-refractivity contribution in [1.29, 1.82) is 0 Å². The lowest BCUT2D eigenvalue weighted by atomic mass is 10.1. The molecule has 6 heteroatoms. The van der Waals surface area contributed by atoms with Gasteiger partial charge in [0.05, 0.1) is 12.2 Å². The Morgan fingerprint density at radius 2 is 2.00 bits per heavy atom. The largest absolute Gasteiger partial charge is 0.462 e. The first-order chi connectivity index (χ1) is 9.42. The smallest absolute Gasteiger partial charge is 0.340 e. The highest BCUT2D eigenvalue weighted by molar-refractivity contribution is 7.84. The second-order valence-electron chi connectivity index (χ2n) is 4.43. The molecule has 1 heterocycles. The number of hydrogen-bond acceptors (Lipinski definition) is 4. The number of aromatic nitrogens is 1. The van der Waals surface area contributed by atoms with Gasteiger partial charge in [-0.2, -0.15) is 0 Å². The van der Waals surface area contributed by atoms with Gasteiger partial charge < -0.3 is 9.30 Å². The highest BCUT2D eigenvalue weighted by Gasteiger charge is 2.17. The van der Waals surface area contributed by atoms with Gasteiger partial charge >= 0.3 is 5.97 Å². The van der Waals surface area contributed by atoms with Crippen molar-refractivity contribution in [3.05, 3.63) is 33.2 Å². The summed E-state index contributed by atoms with van der Waals surface area (Å²) in [7, 11) is -0.946. The van der Waals surface area contributed by atoms with E-state index >= 15 is 0 Å². The van der Waals surface area contributed by atoms with Gasteiger partial charge in [0.1, 0.15) is 0 Å². The Bertz CT molecular complexity index is 577. The molecule has 112 valence electrons. The van der Waals surface area contributed by atoms with E-state index in [-0.39, 0.29) is 12.2 Å². The van der Waals surface area contributed by atoms with Crippen molar-refractivity contribution in [1.82, 2.24) is 4.57 Å². The summed E-state index contributed by atoms with van der Waals surface area (Å²) in [4.78, 5) is 24.0. The Balaban J connectivity index is 3.19. The van der Waals surface area contributed by atoms with Gasteiger partial charge in [-0.1, -0.05) is 6.92 Å². The zero-order valence-electron chi connectivity index (χ0n) is 12.4. The van der Waals surface area contributed by atoms with Crippen LogP contribution in [0, 0.1) is 13.8 Å². The first-order valence-electron chi connectivity index (χ1n) is 6.65. The van der Waals surface area contributed by atoms with Gasteiger partial charge in [-0.05, 0) is 26.3 Å². The summed E-state index contributed by atoms with van der Waals surface area (Å²) in [5, 5.41) is 0. The Labute approximate surface area is 121 Å². The molecular weight excluding hydrogens is 278 g/mol. The minimum Gasteiger partial charge on any atom is -0.462 e. The number of carbonyl (C=O) groups is 1. The lowest BCUT2D eigenvalue weighted by molar-refractivity contribution is 0.0523. The molecule has 0 N–H and O–H groups in total. The summed E-state index contributed by atoms with van der Waals surface area (Å²) in [6, 6.07) is 1.42. The third-order valence-electron chi connectivity index (χ3n) is 3.11. The molecule has 20 heavy (non-hydrogen) atoms. The molecular formula is C14H21NO4S. The van der Waals surface area contributed by atoms with Crippen LogP contribution in [0.2, 0.25) is 0 Å². The first kappa shape index (κ1) is 16.6. The average Bonchev–Trinajstić information content (AvgIpc) is 2.37. The van der Waals surface area contributed by atoms with Crippen LogP contribution in [0.15, 0.2) is 10.9 Å². The number of pyridine rings is 1. The normalized spacial score (nSPS) is 12.2. The lowest BCUT2D eigenvalue weighted by Crippen LogP contribution is -2.28. The van der Waals surface area contributed by atoms with Crippen molar-refractivity contribution >= 4 is 16.8 Å². The minimum absolute atomic E-state index is 0.179. The van der Waals surface area contributed by atoms with E-state index in [0.717, 1.165) is 0 Å². The van der Waals surface area contributed by atoms with E-state index in [2.05, 4.69) is 0 Å². The molecule has 0 aliphatic rings. The number of carbonyl (C=O) groups excluding carboxylic acids is 1. The van der Waals surface area contributed by atoms with Crippen molar-refractivity contribution in [2.75, 3.05) is 18.1 Å². The van der Waals surface area contributed by atoms with Gasteiger partial charge in [0.2, 0.25) is 0 Å². The topological polar surface area (TPSA) is 65.4 Å². The molecule has 0 aromatic carbocycles. The van der Waals surface area contributed by atoms with Crippen molar-refractivity contribution < 1.29 is 13.7 Å². The predicted octanol–water partition coefficient (Wildman–Crippen LogP) is 1.41. The molecule has 0 fully saturated rings. The van der Waals surface area contributed by atoms with E-state index in [4.69, 9.17) is 4.74 Å². The number of aryl methyl sites for hydroxylation is 1. The number of esters is 1. The van der Waals surface area contributed by atoms with Crippen LogP contribution in [0.25, 0.3) is 0 Å². The Morgan fingerprint density at radius 3 is 2.55 bits per heavy atom. The van der Waals surface area contributed by atoms with Gasteiger partial charge in [-0.15, -0.1) is 0 Å². The molecule has 0 aliphatic heterocycles. The molecule has 0 saturated heterocycles. The molecule has 1 rings (SSSR count). The molecule has 0 bridgehead atoms. The van der Waals surface area contributed by atoms with Crippen molar-refractivity contribution in [3.63, 3.8) is 0 Å². The molecule has 0 aliphatic carbocycles. The fourth-order valence-electron chi connectivity index (χ4n) is 2.05. The zero-order valence-corrected chi connectivity index (χ0v) is 13.2. The number of rotatable bonds is 6. The Hall–Kier alpha value is -1.43. The second-order valence-corrected chi connectivity index (χ2v) is 6.30. The van der Waals surface area contributed by atoms with Crippen LogP contribution in [0.4, 0.5) is 0 Å². The van der Waals surface area contributed by atoms with Crippen LogP contribution >= 0.6 is 0 Å². The van der Waals surface area contributed by atoms with Crippen LogP contribution in [0.1, 0.15) is 35.5 Å². The van der Waals surface area contributed by atoms with Gasteiger partial charge in [0, 0.05) is 40.6 Å². The minimum atomic E-state index is -0.946. The van der Waals surface area contributed by atoms with Gasteiger partial charge in [-0.3, -0.25) is 9.00 Å². The van der Waals surface area contributed by atoms with Gasteiger partial charge in [-0.25, -0.2) is 4.79 Å². The predicted molar refractivity (Wildman–Crippen MR) is 79.7 cm³/mol. The number of hydrogen-bond donors (Lipinski definition) is 0. The highest BCUT2D eigenvalue weighted by Crippen LogP contribution is 2.13. The standard InChI is InChI=1S/C14H21NO4S/c1-5-19-14(17)13-10(3)9-12(16)15(11(13)4)7-8-20(18)6-2/h9H,5-8H2,1-4H3. The Morgan fingerprint density at radius 1 is 1.35 bits per heavy atom. The summed E-state index contributed by atoms with van der Waals surface area (Å²) in [5.74, 6) is 0.542. The van der Waals surface area contributed by atoms with Gasteiger partial charge in [0.25, 0.3) is 5.56 Å². The summed E-state index contributed by atoms with van der Waals surface area (Å²) in [6.45, 7) is 7.65. The van der Waals surface area contributed by atoms with Crippen LogP contribution in [0.5, 0.6) is 0 Å². The maximum absolute atomic E-state index is 12.0. The lowest BCUT2D eigenvalue weighted by Gasteiger charge is -2.15. The second kappa shape index (κ2) is 7.38. The maximum atomic E-state index is 12.0. The van der Waals surface area contributed by atoms with Gasteiger partial charge in [0.15, 0.2) is 0 Å². The summed E-state index contributed by atoms with van der Waals surface area (Å²) in [6.07, 6.45) is 0. The van der Waals surface area contributed by atoms with E-state index in [1.165, 1.54) is 10.6 Å². The SMILES string of the molecule is CCOC(=O)c1c(C)cc(=O)n(CCS(=O)CC)c1C. The van der Waals surface area contributed by atoms with Crippen molar-refractivity contribution in [2.24, 2.45) is 0 Å². The third-order valence-corrected chi connectivity index (χ3v) is 4.39. The fourth-order valence-corrected chi connectivity index (χ4v) is 2.72. The van der Waals surface area contributed by atoms with E-state index in [9.17, 15) is 13.8 Å². The molecule has 0 saturated carbocycles. The van der Waals surface area contributed by atoms with E-state index in [1.54, 1.807) is 20.8 Å². The average molecular weight is 299 g/mol. The van der Waals surface area contributed by atoms with Crippen LogP contribution in [-0.4, -0.2) is 32.9 Å². The first-order valence-corrected chi connectivity index (χ1v) is 8.14. The highest BCUT2D eigenvalue weighted by atomic mass is 32.2. The van der Waals surface area contributed by atoms with E-state index < -0.39 is 16.8 Å². The van der Waals surface area contributed by atoms with Crippen molar-refractivity contribution in [3.8, 4) is 0 Å². The number of ether oxygens (including phenoxy) is 1. The number of nitrogens with zero attached hydrogens (tertiary/aromatic N) is 1. The quantitative estimate of drug-likeness (QED) is 0.745. The summed E-state index contributed by atoms with van der Waals surface area (Å²) >= 11 is 0. The molecule has 1 aromatic rings. The molecule has 0 amide bonds. The Kier molecular flexibility index (Phi) is 6.13. The molecule has 0 spiro atoms. The molecule has 1 atom stereocenters. The zero-order chi connectivity index (χ0) is 15.3. The summed E-state index contributed by atoms with van der Waals surface area (Å²) in [5.41, 5.74) is 1.43.